The summed E-state index contributed by atoms with van der Waals surface area (Å²) in [6.07, 6.45) is 6.66. The molecule has 0 saturated carbocycles. The number of rotatable bonds is 12. The molecular weight excluding hydrogens is 414 g/mol. The number of aliphatic hydroxyl groups excluding tert-OH is 1. The average molecular weight is 448 g/mol. The van der Waals surface area contributed by atoms with Crippen LogP contribution in [-0.2, 0) is 4.79 Å². The van der Waals surface area contributed by atoms with Gasteiger partial charge in [-0.3, -0.25) is 9.59 Å². The van der Waals surface area contributed by atoms with Crippen LogP contribution in [0.25, 0.3) is 22.2 Å². The third kappa shape index (κ3) is 6.39. The zero-order chi connectivity index (χ0) is 23.6. The van der Waals surface area contributed by atoms with Crippen molar-refractivity contribution in [3.63, 3.8) is 0 Å². The maximum atomic E-state index is 13.1. The molecule has 0 fully saturated rings. The molecule has 0 saturated heterocycles. The lowest BCUT2D eigenvalue weighted by Crippen LogP contribution is -2.32. The lowest BCUT2D eigenvalue weighted by atomic mass is 10.0. The number of aromatic nitrogens is 2. The number of nitrogens with zero attached hydrogens (tertiary/aromatic N) is 2. The minimum atomic E-state index is 0.00507. The van der Waals surface area contributed by atoms with E-state index in [1.807, 2.05) is 54.3 Å². The topological polar surface area (TPSA) is 86.3 Å². The van der Waals surface area contributed by atoms with Gasteiger partial charge in [-0.2, -0.15) is 0 Å². The molecule has 2 N–H and O–H groups in total. The van der Waals surface area contributed by atoms with E-state index in [4.69, 9.17) is 5.11 Å². The highest BCUT2D eigenvalue weighted by Gasteiger charge is 2.15. The molecular formula is C27H33N3O3. The number of aromatic amines is 1. The normalized spacial score (nSPS) is 11.7. The van der Waals surface area contributed by atoms with Crippen LogP contribution in [0.2, 0.25) is 0 Å². The third-order valence-electron chi connectivity index (χ3n) is 5.76. The summed E-state index contributed by atoms with van der Waals surface area (Å²) in [5, 5.41) is 8.94. The molecule has 0 aliphatic carbocycles. The van der Waals surface area contributed by atoms with Gasteiger partial charge >= 0.3 is 0 Å². The number of carbonyl (C=O) groups excluding carboxylic acids is 2. The number of nitrogens with one attached hydrogen (secondary N) is 1. The zero-order valence-electron chi connectivity index (χ0n) is 19.5. The Morgan fingerprint density at radius 2 is 1.82 bits per heavy atom. The molecule has 3 aromatic rings. The predicted octanol–water partition coefficient (Wildman–Crippen LogP) is 5.15. The van der Waals surface area contributed by atoms with Crippen molar-refractivity contribution in [1.82, 2.24) is 14.9 Å². The van der Waals surface area contributed by atoms with E-state index in [0.29, 0.717) is 44.3 Å². The number of imidazole rings is 1. The molecule has 33 heavy (non-hydrogen) atoms. The molecule has 6 nitrogen and oxygen atoms in total. The Labute approximate surface area is 195 Å². The monoisotopic (exact) mass is 447 g/mol. The van der Waals surface area contributed by atoms with Crippen molar-refractivity contribution in [3.8, 4) is 11.1 Å². The van der Waals surface area contributed by atoms with Crippen LogP contribution in [0.4, 0.5) is 0 Å². The highest BCUT2D eigenvalue weighted by Crippen LogP contribution is 2.23. The molecule has 1 heterocycles. The van der Waals surface area contributed by atoms with Crippen molar-refractivity contribution in [2.24, 2.45) is 0 Å². The van der Waals surface area contributed by atoms with E-state index >= 15 is 0 Å². The fourth-order valence-corrected chi connectivity index (χ4v) is 3.94. The first-order chi connectivity index (χ1) is 16.1. The van der Waals surface area contributed by atoms with Gasteiger partial charge in [-0.15, -0.1) is 0 Å². The number of aliphatic hydroxyl groups is 1. The molecule has 1 amide bonds. The summed E-state index contributed by atoms with van der Waals surface area (Å²) in [7, 11) is 0. The van der Waals surface area contributed by atoms with Gasteiger partial charge in [0.25, 0.3) is 5.91 Å². The third-order valence-corrected chi connectivity index (χ3v) is 5.76. The summed E-state index contributed by atoms with van der Waals surface area (Å²) in [6, 6.07) is 13.8. The number of amides is 1. The van der Waals surface area contributed by atoms with Gasteiger partial charge in [-0.25, -0.2) is 4.98 Å². The number of Topliss-reactive ketones (excluding diaryl/α,β-unsaturated/α-hetero) is 1. The van der Waals surface area contributed by atoms with Crippen molar-refractivity contribution in [2.75, 3.05) is 19.7 Å². The van der Waals surface area contributed by atoms with Gasteiger partial charge in [-0.1, -0.05) is 38.1 Å². The molecule has 0 unspecified atom stereocenters. The fraction of sp³-hybridized carbons (Fsp3) is 0.370. The van der Waals surface area contributed by atoms with Crippen molar-refractivity contribution in [3.05, 3.63) is 66.0 Å². The molecule has 2 aromatic carbocycles. The molecule has 0 radical (unpaired) electrons. The van der Waals surface area contributed by atoms with Crippen LogP contribution >= 0.6 is 0 Å². The minimum absolute atomic E-state index is 0.00507. The highest BCUT2D eigenvalue weighted by molar-refractivity contribution is 5.96. The van der Waals surface area contributed by atoms with E-state index in [-0.39, 0.29) is 18.3 Å². The van der Waals surface area contributed by atoms with Crippen molar-refractivity contribution in [2.45, 2.75) is 46.0 Å². The Morgan fingerprint density at radius 1 is 1.06 bits per heavy atom. The second-order valence-electron chi connectivity index (χ2n) is 8.13. The number of carbonyl (C=O) groups is 2. The summed E-state index contributed by atoms with van der Waals surface area (Å²) < 4.78 is 0. The molecule has 3 rings (SSSR count). The number of benzene rings is 2. The van der Waals surface area contributed by atoms with Crippen LogP contribution < -0.4 is 0 Å². The van der Waals surface area contributed by atoms with Gasteiger partial charge in [-0.05, 0) is 66.6 Å². The lowest BCUT2D eigenvalue weighted by Gasteiger charge is -2.22. The number of H-pyrrole nitrogens is 1. The number of fused-ring (bicyclic) bond motifs is 1. The quantitative estimate of drug-likeness (QED) is 0.376. The molecule has 6 heteroatoms. The maximum Gasteiger partial charge on any atom is 0.253 e. The first-order valence-corrected chi connectivity index (χ1v) is 11.7. The summed E-state index contributed by atoms with van der Waals surface area (Å²) >= 11 is 0. The molecule has 0 aliphatic heterocycles. The summed E-state index contributed by atoms with van der Waals surface area (Å²) in [4.78, 5) is 34.6. The van der Waals surface area contributed by atoms with E-state index in [9.17, 15) is 9.59 Å². The van der Waals surface area contributed by atoms with Gasteiger partial charge in [0.1, 0.15) is 0 Å². The minimum Gasteiger partial charge on any atom is -0.396 e. The smallest absolute Gasteiger partial charge is 0.253 e. The Kier molecular flexibility index (Phi) is 8.95. The first kappa shape index (κ1) is 24.4. The molecule has 0 spiro atoms. The van der Waals surface area contributed by atoms with Crippen LogP contribution in [0, 0.1) is 0 Å². The predicted molar refractivity (Wildman–Crippen MR) is 132 cm³/mol. The number of ketones is 1. The standard InChI is InChI=1S/C27H33N3O3/c1-3-15-30(16-5-7-20(4-2)26(32)8-6-17-31)27(33)22-11-9-21(10-12-22)23-13-14-24-25(18-23)29-19-28-24/h7,9-14,18-19,31H,3-6,8,15-17H2,1-2H3,(H,28,29)/b20-7-. The fourth-order valence-electron chi connectivity index (χ4n) is 3.94. The van der Waals surface area contributed by atoms with Gasteiger partial charge in [0, 0.05) is 31.7 Å². The largest absolute Gasteiger partial charge is 0.396 e. The average Bonchev–Trinajstić information content (AvgIpc) is 3.32. The first-order valence-electron chi connectivity index (χ1n) is 11.7. The SMILES string of the molecule is CCCN(CC/C=C(/CC)C(=O)CCCO)C(=O)c1ccc(-c2ccc3nc[nH]c3c2)cc1. The Balaban J connectivity index is 1.67. The molecule has 174 valence electrons. The van der Waals surface area contributed by atoms with Crippen LogP contribution in [0.5, 0.6) is 0 Å². The van der Waals surface area contributed by atoms with E-state index in [2.05, 4.69) is 23.0 Å². The molecule has 0 bridgehead atoms. The number of hydrogen-bond donors (Lipinski definition) is 2. The van der Waals surface area contributed by atoms with E-state index in [1.54, 1.807) is 6.33 Å². The summed E-state index contributed by atoms with van der Waals surface area (Å²) in [6.45, 7) is 5.29. The Hall–Kier alpha value is -3.25. The maximum absolute atomic E-state index is 13.1. The highest BCUT2D eigenvalue weighted by atomic mass is 16.3. The molecule has 0 aliphatic rings. The van der Waals surface area contributed by atoms with E-state index < -0.39 is 0 Å². The number of allylic oxidation sites excluding steroid dienone is 1. The van der Waals surface area contributed by atoms with Crippen LogP contribution in [0.1, 0.15) is 56.3 Å². The van der Waals surface area contributed by atoms with Crippen molar-refractivity contribution < 1.29 is 14.7 Å². The van der Waals surface area contributed by atoms with Crippen LogP contribution in [-0.4, -0.2) is 51.4 Å². The van der Waals surface area contributed by atoms with Crippen molar-refractivity contribution in [1.29, 1.82) is 0 Å². The van der Waals surface area contributed by atoms with Crippen LogP contribution in [0.3, 0.4) is 0 Å². The Bertz CT molecular complexity index is 1100. The zero-order valence-corrected chi connectivity index (χ0v) is 19.5. The van der Waals surface area contributed by atoms with E-state index in [0.717, 1.165) is 34.2 Å². The van der Waals surface area contributed by atoms with E-state index in [1.165, 1.54) is 0 Å². The second-order valence-corrected chi connectivity index (χ2v) is 8.13. The second kappa shape index (κ2) is 12.1. The van der Waals surface area contributed by atoms with Crippen LogP contribution in [0.15, 0.2) is 60.4 Å². The van der Waals surface area contributed by atoms with Gasteiger partial charge < -0.3 is 15.0 Å². The molecule has 1 aromatic heterocycles. The van der Waals surface area contributed by atoms with Gasteiger partial charge in [0.15, 0.2) is 5.78 Å². The van der Waals surface area contributed by atoms with Crippen molar-refractivity contribution >= 4 is 22.7 Å². The number of hydrogen-bond acceptors (Lipinski definition) is 4. The van der Waals surface area contributed by atoms with Gasteiger partial charge in [0.05, 0.1) is 17.4 Å². The summed E-state index contributed by atoms with van der Waals surface area (Å²) in [5.41, 5.74) is 5.47. The van der Waals surface area contributed by atoms with Gasteiger partial charge in [0.2, 0.25) is 0 Å². The Morgan fingerprint density at radius 3 is 2.52 bits per heavy atom. The molecule has 0 atom stereocenters. The summed E-state index contributed by atoms with van der Waals surface area (Å²) in [5.74, 6) is 0.0919. The lowest BCUT2D eigenvalue weighted by molar-refractivity contribution is -0.115.